The third-order valence-electron chi connectivity index (χ3n) is 2.48. The van der Waals surface area contributed by atoms with Crippen LogP contribution in [0.4, 0.5) is 13.2 Å². The molecule has 2 rings (SSSR count). The summed E-state index contributed by atoms with van der Waals surface area (Å²) in [6.07, 6.45) is -4.53. The number of halogens is 4. The summed E-state index contributed by atoms with van der Waals surface area (Å²) in [6, 6.07) is 1.98. The second kappa shape index (κ2) is 3.58. The maximum atomic E-state index is 12.3. The van der Waals surface area contributed by atoms with Crippen molar-refractivity contribution in [3.05, 3.63) is 28.5 Å². The van der Waals surface area contributed by atoms with E-state index in [1.165, 1.54) is 6.07 Å². The number of β-amino-alcohol motifs (C(OH)–C–C–N with tert-alkyl or cyclic N) is 1. The zero-order chi connectivity index (χ0) is 12.0. The molecule has 0 amide bonds. The molecule has 3 nitrogen and oxygen atoms in total. The highest BCUT2D eigenvalue weighted by molar-refractivity contribution is 6.30. The Morgan fingerprint density at radius 2 is 2.00 bits per heavy atom. The number of hydrogen-bond acceptors (Lipinski definition) is 3. The lowest BCUT2D eigenvalue weighted by atomic mass is 9.89. The van der Waals surface area contributed by atoms with Crippen LogP contribution in [-0.2, 0) is 11.8 Å². The number of pyridine rings is 1. The van der Waals surface area contributed by atoms with Crippen LogP contribution in [0.25, 0.3) is 0 Å². The second-order valence-electron chi connectivity index (χ2n) is 3.67. The van der Waals surface area contributed by atoms with Gasteiger partial charge >= 0.3 is 6.18 Å². The van der Waals surface area contributed by atoms with Crippen molar-refractivity contribution in [1.82, 2.24) is 10.3 Å². The monoisotopic (exact) mass is 252 g/mol. The molecule has 0 saturated carbocycles. The molecule has 1 fully saturated rings. The summed E-state index contributed by atoms with van der Waals surface area (Å²) in [7, 11) is 0. The van der Waals surface area contributed by atoms with E-state index in [9.17, 15) is 18.3 Å². The standard InChI is InChI=1S/C9H8ClF3N2O/c10-7-5(8(16)3-14-4-8)1-2-6(15-7)9(11,12)13/h1-2,14,16H,3-4H2. The normalized spacial score (nSPS) is 19.3. The fourth-order valence-electron chi connectivity index (χ4n) is 1.49. The van der Waals surface area contributed by atoms with Gasteiger partial charge in [-0.15, -0.1) is 0 Å². The number of aliphatic hydroxyl groups is 1. The van der Waals surface area contributed by atoms with Gasteiger partial charge in [-0.1, -0.05) is 17.7 Å². The summed E-state index contributed by atoms with van der Waals surface area (Å²) in [5.41, 5.74) is -2.04. The molecule has 88 valence electrons. The minimum absolute atomic E-state index is 0.223. The SMILES string of the molecule is OC1(c2ccc(C(F)(F)F)nc2Cl)CNC1. The van der Waals surface area contributed by atoms with E-state index in [4.69, 9.17) is 11.6 Å². The third-order valence-corrected chi connectivity index (χ3v) is 2.76. The van der Waals surface area contributed by atoms with Crippen LogP contribution in [0.2, 0.25) is 5.15 Å². The Morgan fingerprint density at radius 1 is 1.38 bits per heavy atom. The number of rotatable bonds is 1. The summed E-state index contributed by atoms with van der Waals surface area (Å²) in [4.78, 5) is 3.25. The maximum absolute atomic E-state index is 12.3. The van der Waals surface area contributed by atoms with Gasteiger partial charge in [0, 0.05) is 18.7 Å². The van der Waals surface area contributed by atoms with Crippen molar-refractivity contribution >= 4 is 11.6 Å². The molecular weight excluding hydrogens is 245 g/mol. The van der Waals surface area contributed by atoms with E-state index in [1.807, 2.05) is 0 Å². The van der Waals surface area contributed by atoms with E-state index in [1.54, 1.807) is 0 Å². The van der Waals surface area contributed by atoms with Gasteiger partial charge < -0.3 is 10.4 Å². The molecule has 0 bridgehead atoms. The average molecular weight is 253 g/mol. The number of nitrogens with zero attached hydrogens (tertiary/aromatic N) is 1. The van der Waals surface area contributed by atoms with Crippen LogP contribution in [0.3, 0.4) is 0 Å². The highest BCUT2D eigenvalue weighted by atomic mass is 35.5. The van der Waals surface area contributed by atoms with Gasteiger partial charge in [-0.05, 0) is 6.07 Å². The minimum atomic E-state index is -4.53. The highest BCUT2D eigenvalue weighted by Gasteiger charge is 2.40. The van der Waals surface area contributed by atoms with Crippen molar-refractivity contribution in [2.45, 2.75) is 11.8 Å². The predicted molar refractivity (Wildman–Crippen MR) is 51.0 cm³/mol. The zero-order valence-corrected chi connectivity index (χ0v) is 8.73. The molecule has 2 N–H and O–H groups in total. The molecule has 0 spiro atoms. The first-order valence-corrected chi connectivity index (χ1v) is 4.88. The van der Waals surface area contributed by atoms with Crippen LogP contribution in [-0.4, -0.2) is 23.2 Å². The molecule has 1 saturated heterocycles. The van der Waals surface area contributed by atoms with Crippen molar-refractivity contribution in [1.29, 1.82) is 0 Å². The molecule has 0 aliphatic carbocycles. The fraction of sp³-hybridized carbons (Fsp3) is 0.444. The Kier molecular flexibility index (Phi) is 2.60. The van der Waals surface area contributed by atoms with Crippen LogP contribution in [0.15, 0.2) is 12.1 Å². The van der Waals surface area contributed by atoms with Gasteiger partial charge in [-0.25, -0.2) is 4.98 Å². The van der Waals surface area contributed by atoms with Crippen LogP contribution in [0.1, 0.15) is 11.3 Å². The van der Waals surface area contributed by atoms with Gasteiger partial charge in [-0.3, -0.25) is 0 Å². The molecule has 0 radical (unpaired) electrons. The van der Waals surface area contributed by atoms with E-state index in [2.05, 4.69) is 10.3 Å². The van der Waals surface area contributed by atoms with E-state index in [0.717, 1.165) is 6.07 Å². The topological polar surface area (TPSA) is 45.2 Å². The summed E-state index contributed by atoms with van der Waals surface area (Å²) >= 11 is 5.63. The van der Waals surface area contributed by atoms with Crippen LogP contribution in [0.5, 0.6) is 0 Å². The van der Waals surface area contributed by atoms with Gasteiger partial charge in [0.05, 0.1) is 0 Å². The smallest absolute Gasteiger partial charge is 0.382 e. The van der Waals surface area contributed by atoms with Crippen molar-refractivity contribution in [2.75, 3.05) is 13.1 Å². The molecule has 16 heavy (non-hydrogen) atoms. The molecule has 0 atom stereocenters. The van der Waals surface area contributed by atoms with E-state index >= 15 is 0 Å². The molecule has 1 aliphatic heterocycles. The lowest BCUT2D eigenvalue weighted by Crippen LogP contribution is -2.56. The summed E-state index contributed by atoms with van der Waals surface area (Å²) in [5, 5.41) is 12.4. The highest BCUT2D eigenvalue weighted by Crippen LogP contribution is 2.34. The number of alkyl halides is 3. The predicted octanol–water partition coefficient (Wildman–Crippen LogP) is 1.54. The first kappa shape index (κ1) is 11.6. The summed E-state index contributed by atoms with van der Waals surface area (Å²) in [5.74, 6) is 0. The molecule has 1 aromatic rings. The Balaban J connectivity index is 2.37. The van der Waals surface area contributed by atoms with Crippen molar-refractivity contribution in [3.63, 3.8) is 0 Å². The van der Waals surface area contributed by atoms with Crippen molar-refractivity contribution in [2.24, 2.45) is 0 Å². The third kappa shape index (κ3) is 1.88. The average Bonchev–Trinajstić information content (AvgIpc) is 2.12. The largest absolute Gasteiger partial charge is 0.433 e. The van der Waals surface area contributed by atoms with Crippen LogP contribution in [0, 0.1) is 0 Å². The fourth-order valence-corrected chi connectivity index (χ4v) is 1.82. The van der Waals surface area contributed by atoms with Gasteiger partial charge in [0.1, 0.15) is 16.4 Å². The zero-order valence-electron chi connectivity index (χ0n) is 7.98. The number of aromatic nitrogens is 1. The molecule has 1 aliphatic rings. The number of hydrogen-bond donors (Lipinski definition) is 2. The second-order valence-corrected chi connectivity index (χ2v) is 4.03. The summed E-state index contributed by atoms with van der Waals surface area (Å²) < 4.78 is 36.9. The first-order valence-electron chi connectivity index (χ1n) is 4.50. The number of nitrogens with one attached hydrogen (secondary N) is 1. The minimum Gasteiger partial charge on any atom is -0.382 e. The van der Waals surface area contributed by atoms with Crippen molar-refractivity contribution < 1.29 is 18.3 Å². The van der Waals surface area contributed by atoms with Gasteiger partial charge in [0.15, 0.2) is 0 Å². The van der Waals surface area contributed by atoms with E-state index < -0.39 is 17.5 Å². The molecule has 7 heteroatoms. The first-order chi connectivity index (χ1) is 7.33. The lowest BCUT2D eigenvalue weighted by Gasteiger charge is -2.38. The Bertz CT molecular complexity index is 418. The molecule has 2 heterocycles. The Labute approximate surface area is 94.2 Å². The van der Waals surface area contributed by atoms with Gasteiger partial charge in [-0.2, -0.15) is 13.2 Å². The quantitative estimate of drug-likeness (QED) is 0.746. The van der Waals surface area contributed by atoms with Crippen LogP contribution < -0.4 is 5.32 Å². The Hall–Kier alpha value is -0.850. The Morgan fingerprint density at radius 3 is 2.38 bits per heavy atom. The molecule has 0 aromatic carbocycles. The molecule has 1 aromatic heterocycles. The lowest BCUT2D eigenvalue weighted by molar-refractivity contribution is -0.141. The molecule has 0 unspecified atom stereocenters. The summed E-state index contributed by atoms with van der Waals surface area (Å²) in [6.45, 7) is 0.527. The van der Waals surface area contributed by atoms with E-state index in [0.29, 0.717) is 0 Å². The van der Waals surface area contributed by atoms with Crippen molar-refractivity contribution in [3.8, 4) is 0 Å². The van der Waals surface area contributed by atoms with Crippen LogP contribution >= 0.6 is 11.6 Å². The van der Waals surface area contributed by atoms with Gasteiger partial charge in [0.2, 0.25) is 0 Å². The molecular formula is C9H8ClF3N2O. The van der Waals surface area contributed by atoms with E-state index in [-0.39, 0.29) is 23.8 Å². The van der Waals surface area contributed by atoms with Gasteiger partial charge in [0.25, 0.3) is 0 Å². The maximum Gasteiger partial charge on any atom is 0.433 e.